The molecule has 0 bridgehead atoms. The highest BCUT2D eigenvalue weighted by Gasteiger charge is 2.26. The van der Waals surface area contributed by atoms with E-state index >= 15 is 0 Å². The van der Waals surface area contributed by atoms with Crippen molar-refractivity contribution in [3.8, 4) is 0 Å². The molecule has 5 nitrogen and oxygen atoms in total. The van der Waals surface area contributed by atoms with Crippen LogP contribution in [0.5, 0.6) is 0 Å². The molecule has 0 saturated carbocycles. The fraction of sp³-hybridized carbons (Fsp3) is 0.895. The molecule has 0 aliphatic carbocycles. The number of carbonyl (C=O) groups is 2. The fourth-order valence-corrected chi connectivity index (χ4v) is 3.62. The molecule has 0 spiro atoms. The Balaban J connectivity index is 1.71. The Morgan fingerprint density at radius 3 is 2.50 bits per heavy atom. The number of piperidine rings is 2. The van der Waals surface area contributed by atoms with Crippen molar-refractivity contribution >= 4 is 11.8 Å². The Morgan fingerprint density at radius 1 is 1.12 bits per heavy atom. The number of hydrogen-bond donors (Lipinski definition) is 2. The number of likely N-dealkylation sites (tertiary alicyclic amines) is 1. The minimum atomic E-state index is -0.348. The monoisotopic (exact) mass is 337 g/mol. The third kappa shape index (κ3) is 6.08. The molecule has 2 saturated heterocycles. The van der Waals surface area contributed by atoms with E-state index in [1.165, 1.54) is 12.8 Å². The summed E-state index contributed by atoms with van der Waals surface area (Å²) in [6.07, 6.45) is 6.27. The lowest BCUT2D eigenvalue weighted by molar-refractivity contribution is -0.133. The van der Waals surface area contributed by atoms with Crippen molar-refractivity contribution in [2.45, 2.75) is 59.3 Å². The van der Waals surface area contributed by atoms with Crippen LogP contribution in [0, 0.1) is 17.3 Å². The van der Waals surface area contributed by atoms with Crippen LogP contribution in [0.15, 0.2) is 0 Å². The zero-order valence-electron chi connectivity index (χ0n) is 15.7. The number of hydrogen-bond acceptors (Lipinski definition) is 3. The molecule has 0 aromatic carbocycles. The highest BCUT2D eigenvalue weighted by Crippen LogP contribution is 2.21. The van der Waals surface area contributed by atoms with Crippen molar-refractivity contribution in [2.75, 3.05) is 32.7 Å². The van der Waals surface area contributed by atoms with Gasteiger partial charge >= 0.3 is 0 Å². The summed E-state index contributed by atoms with van der Waals surface area (Å²) in [5.74, 6) is 1.51. The molecule has 1 atom stereocenters. The first kappa shape index (κ1) is 19.2. The maximum Gasteiger partial charge on any atom is 0.225 e. The Hall–Kier alpha value is -1.10. The van der Waals surface area contributed by atoms with Crippen LogP contribution in [-0.4, -0.2) is 49.4 Å². The third-order valence-electron chi connectivity index (χ3n) is 5.33. The van der Waals surface area contributed by atoms with Crippen LogP contribution in [0.1, 0.15) is 59.3 Å². The summed E-state index contributed by atoms with van der Waals surface area (Å²) in [4.78, 5) is 26.5. The fourth-order valence-electron chi connectivity index (χ4n) is 3.62. The van der Waals surface area contributed by atoms with E-state index in [4.69, 9.17) is 0 Å². The first-order valence-electron chi connectivity index (χ1n) is 9.63. The number of amides is 2. The largest absolute Gasteiger partial charge is 0.355 e. The number of nitrogens with zero attached hydrogens (tertiary/aromatic N) is 1. The van der Waals surface area contributed by atoms with Gasteiger partial charge in [0, 0.05) is 31.5 Å². The second-order valence-electron chi connectivity index (χ2n) is 8.54. The molecule has 24 heavy (non-hydrogen) atoms. The Kier molecular flexibility index (Phi) is 7.08. The van der Waals surface area contributed by atoms with Crippen LogP contribution in [0.2, 0.25) is 0 Å². The lowest BCUT2D eigenvalue weighted by Gasteiger charge is -2.34. The summed E-state index contributed by atoms with van der Waals surface area (Å²) in [6, 6.07) is 0. The van der Waals surface area contributed by atoms with Gasteiger partial charge in [-0.2, -0.15) is 0 Å². The van der Waals surface area contributed by atoms with Crippen LogP contribution >= 0.6 is 0 Å². The number of rotatable bonds is 5. The smallest absolute Gasteiger partial charge is 0.225 e. The van der Waals surface area contributed by atoms with Gasteiger partial charge in [0.15, 0.2) is 0 Å². The van der Waals surface area contributed by atoms with Gasteiger partial charge in [0.2, 0.25) is 11.8 Å². The average molecular weight is 338 g/mol. The highest BCUT2D eigenvalue weighted by molar-refractivity contribution is 5.81. The van der Waals surface area contributed by atoms with Crippen molar-refractivity contribution in [3.63, 3.8) is 0 Å². The molecular weight excluding hydrogens is 302 g/mol. The van der Waals surface area contributed by atoms with Gasteiger partial charge in [0.05, 0.1) is 0 Å². The Labute approximate surface area is 146 Å². The summed E-state index contributed by atoms with van der Waals surface area (Å²) < 4.78 is 0. The van der Waals surface area contributed by atoms with Gasteiger partial charge in [-0.3, -0.25) is 9.59 Å². The summed E-state index contributed by atoms with van der Waals surface area (Å²) >= 11 is 0. The number of nitrogens with one attached hydrogen (secondary N) is 2. The third-order valence-corrected chi connectivity index (χ3v) is 5.33. The Morgan fingerprint density at radius 2 is 1.83 bits per heavy atom. The van der Waals surface area contributed by atoms with E-state index in [1.807, 2.05) is 25.7 Å². The molecule has 0 aromatic heterocycles. The minimum Gasteiger partial charge on any atom is -0.355 e. The van der Waals surface area contributed by atoms with Gasteiger partial charge in [-0.15, -0.1) is 0 Å². The molecule has 2 N–H and O–H groups in total. The molecule has 0 aromatic rings. The second kappa shape index (κ2) is 8.84. The van der Waals surface area contributed by atoms with E-state index in [-0.39, 0.29) is 11.3 Å². The van der Waals surface area contributed by atoms with Crippen molar-refractivity contribution in [1.82, 2.24) is 15.5 Å². The summed E-state index contributed by atoms with van der Waals surface area (Å²) in [6.45, 7) is 10.4. The van der Waals surface area contributed by atoms with Crippen molar-refractivity contribution in [2.24, 2.45) is 17.3 Å². The summed E-state index contributed by atoms with van der Waals surface area (Å²) in [5, 5.41) is 6.43. The first-order valence-corrected chi connectivity index (χ1v) is 9.63. The average Bonchev–Trinajstić information content (AvgIpc) is 2.58. The Bertz CT molecular complexity index is 425. The zero-order chi connectivity index (χ0) is 17.6. The van der Waals surface area contributed by atoms with Crippen LogP contribution in [0.4, 0.5) is 0 Å². The van der Waals surface area contributed by atoms with Crippen LogP contribution < -0.4 is 10.6 Å². The zero-order valence-corrected chi connectivity index (χ0v) is 15.7. The molecular formula is C19H35N3O2. The van der Waals surface area contributed by atoms with Crippen LogP contribution in [-0.2, 0) is 9.59 Å². The lowest BCUT2D eigenvalue weighted by Crippen LogP contribution is -2.45. The van der Waals surface area contributed by atoms with E-state index in [0.29, 0.717) is 30.7 Å². The second-order valence-corrected chi connectivity index (χ2v) is 8.54. The normalized spacial score (nSPS) is 23.1. The van der Waals surface area contributed by atoms with Gasteiger partial charge in [0.1, 0.15) is 0 Å². The van der Waals surface area contributed by atoms with E-state index in [2.05, 4.69) is 10.6 Å². The summed E-state index contributed by atoms with van der Waals surface area (Å²) in [7, 11) is 0. The molecule has 138 valence electrons. The van der Waals surface area contributed by atoms with Gasteiger partial charge < -0.3 is 15.5 Å². The molecule has 0 radical (unpaired) electrons. The standard InChI is InChI=1S/C19H35N3O2/c1-19(2,3)18(24)21-13-16-5-4-12-22(14-16)17(23)7-6-15-8-10-20-11-9-15/h15-16,20H,4-14H2,1-3H3,(H,21,24). The minimum absolute atomic E-state index is 0.0943. The molecule has 2 rings (SSSR count). The van der Waals surface area contributed by atoms with E-state index in [0.717, 1.165) is 45.4 Å². The lowest BCUT2D eigenvalue weighted by atomic mass is 9.92. The molecule has 2 aliphatic heterocycles. The van der Waals surface area contributed by atoms with Crippen LogP contribution in [0.3, 0.4) is 0 Å². The maximum atomic E-state index is 12.5. The van der Waals surface area contributed by atoms with Crippen LogP contribution in [0.25, 0.3) is 0 Å². The molecule has 2 aliphatic rings. The molecule has 2 heterocycles. The predicted octanol–water partition coefficient (Wildman–Crippen LogP) is 2.17. The van der Waals surface area contributed by atoms with Gasteiger partial charge in [-0.1, -0.05) is 20.8 Å². The molecule has 1 unspecified atom stereocenters. The van der Waals surface area contributed by atoms with Crippen molar-refractivity contribution in [1.29, 1.82) is 0 Å². The summed E-state index contributed by atoms with van der Waals surface area (Å²) in [5.41, 5.74) is -0.348. The molecule has 2 amide bonds. The van der Waals surface area contributed by atoms with E-state index in [9.17, 15) is 9.59 Å². The number of carbonyl (C=O) groups excluding carboxylic acids is 2. The quantitative estimate of drug-likeness (QED) is 0.808. The van der Waals surface area contributed by atoms with Crippen molar-refractivity contribution in [3.05, 3.63) is 0 Å². The van der Waals surface area contributed by atoms with E-state index in [1.54, 1.807) is 0 Å². The maximum absolute atomic E-state index is 12.5. The SMILES string of the molecule is CC(C)(C)C(=O)NCC1CCCN(C(=O)CCC2CCNCC2)C1. The van der Waals surface area contributed by atoms with Crippen molar-refractivity contribution < 1.29 is 9.59 Å². The van der Waals surface area contributed by atoms with Gasteiger partial charge in [-0.25, -0.2) is 0 Å². The van der Waals surface area contributed by atoms with Gasteiger partial charge in [-0.05, 0) is 57.0 Å². The highest BCUT2D eigenvalue weighted by atomic mass is 16.2. The van der Waals surface area contributed by atoms with E-state index < -0.39 is 0 Å². The first-order chi connectivity index (χ1) is 11.4. The predicted molar refractivity (Wildman–Crippen MR) is 96.6 cm³/mol. The molecule has 2 fully saturated rings. The topological polar surface area (TPSA) is 61.4 Å². The van der Waals surface area contributed by atoms with Gasteiger partial charge in [0.25, 0.3) is 0 Å². The molecule has 5 heteroatoms.